The molecule has 0 spiro atoms. The number of ether oxygens (including phenoxy) is 2. The highest BCUT2D eigenvalue weighted by atomic mass is 32.2. The first-order valence-corrected chi connectivity index (χ1v) is 11.0. The van der Waals surface area contributed by atoms with Gasteiger partial charge in [0.15, 0.2) is 0 Å². The van der Waals surface area contributed by atoms with Crippen LogP contribution in [0.3, 0.4) is 0 Å². The van der Waals surface area contributed by atoms with Crippen LogP contribution in [-0.2, 0) is 14.8 Å². The summed E-state index contributed by atoms with van der Waals surface area (Å²) < 4.78 is 36.4. The minimum absolute atomic E-state index is 0.240. The van der Waals surface area contributed by atoms with E-state index in [4.69, 9.17) is 9.47 Å². The Morgan fingerprint density at radius 2 is 1.79 bits per heavy atom. The number of anilines is 1. The number of nitrogens with zero attached hydrogens (tertiary/aromatic N) is 1. The summed E-state index contributed by atoms with van der Waals surface area (Å²) in [6, 6.07) is 10.5. The van der Waals surface area contributed by atoms with Gasteiger partial charge >= 0.3 is 0 Å². The first kappa shape index (κ1) is 22.5. The van der Waals surface area contributed by atoms with Crippen molar-refractivity contribution in [2.75, 3.05) is 31.3 Å². The van der Waals surface area contributed by atoms with E-state index in [0.29, 0.717) is 11.5 Å². The lowest BCUT2D eigenvalue weighted by atomic mass is 10.0. The second-order valence-electron chi connectivity index (χ2n) is 6.96. The standard InChI is InChI=1S/C21H28N2O5S/c1-14-7-9-18(15(2)11-14)16(3)22-21(24)13-23(29(6,25)26)19-12-17(27-4)8-10-20(19)28-5/h7-12,16H,13H2,1-6H3,(H,22,24)/t16-/m0/s1. The highest BCUT2D eigenvalue weighted by Crippen LogP contribution is 2.33. The maximum atomic E-state index is 12.7. The number of rotatable bonds is 8. The summed E-state index contributed by atoms with van der Waals surface area (Å²) in [7, 11) is -0.828. The molecule has 29 heavy (non-hydrogen) atoms. The van der Waals surface area contributed by atoms with Gasteiger partial charge in [-0.3, -0.25) is 9.10 Å². The number of carbonyl (C=O) groups excluding carboxylic acids is 1. The summed E-state index contributed by atoms with van der Waals surface area (Å²) in [6.45, 7) is 5.48. The minimum Gasteiger partial charge on any atom is -0.497 e. The predicted molar refractivity (Wildman–Crippen MR) is 114 cm³/mol. The molecule has 0 saturated heterocycles. The Hall–Kier alpha value is -2.74. The quantitative estimate of drug-likeness (QED) is 0.710. The van der Waals surface area contributed by atoms with Crippen LogP contribution in [-0.4, -0.2) is 41.3 Å². The van der Waals surface area contributed by atoms with Crippen molar-refractivity contribution in [3.8, 4) is 11.5 Å². The van der Waals surface area contributed by atoms with E-state index in [1.165, 1.54) is 20.3 Å². The summed E-state index contributed by atoms with van der Waals surface area (Å²) in [6.07, 6.45) is 1.05. The van der Waals surface area contributed by atoms with Gasteiger partial charge in [0.05, 0.1) is 32.2 Å². The molecule has 0 radical (unpaired) electrons. The highest BCUT2D eigenvalue weighted by Gasteiger charge is 2.25. The zero-order valence-electron chi connectivity index (χ0n) is 17.6. The number of aryl methyl sites for hydroxylation is 2. The first-order valence-electron chi connectivity index (χ1n) is 9.13. The van der Waals surface area contributed by atoms with Crippen LogP contribution in [0, 0.1) is 13.8 Å². The third-order valence-electron chi connectivity index (χ3n) is 4.61. The van der Waals surface area contributed by atoms with Gasteiger partial charge in [-0.1, -0.05) is 23.8 Å². The number of nitrogens with one attached hydrogen (secondary N) is 1. The number of sulfonamides is 1. The molecule has 158 valence electrons. The van der Waals surface area contributed by atoms with Crippen molar-refractivity contribution < 1.29 is 22.7 Å². The van der Waals surface area contributed by atoms with E-state index >= 15 is 0 Å². The molecule has 1 amide bonds. The second-order valence-corrected chi connectivity index (χ2v) is 8.86. The van der Waals surface area contributed by atoms with E-state index in [0.717, 1.165) is 27.3 Å². The van der Waals surface area contributed by atoms with Gasteiger partial charge < -0.3 is 14.8 Å². The largest absolute Gasteiger partial charge is 0.497 e. The summed E-state index contributed by atoms with van der Waals surface area (Å²) in [5.41, 5.74) is 3.42. The molecule has 1 atom stereocenters. The van der Waals surface area contributed by atoms with Crippen LogP contribution in [0.15, 0.2) is 36.4 Å². The number of hydrogen-bond donors (Lipinski definition) is 1. The van der Waals surface area contributed by atoms with Crippen LogP contribution >= 0.6 is 0 Å². The van der Waals surface area contributed by atoms with Crippen molar-refractivity contribution in [3.63, 3.8) is 0 Å². The molecule has 7 nitrogen and oxygen atoms in total. The molecule has 0 fully saturated rings. The van der Waals surface area contributed by atoms with E-state index in [9.17, 15) is 13.2 Å². The fraction of sp³-hybridized carbons (Fsp3) is 0.381. The van der Waals surface area contributed by atoms with E-state index in [-0.39, 0.29) is 18.3 Å². The van der Waals surface area contributed by atoms with Crippen molar-refractivity contribution in [3.05, 3.63) is 53.1 Å². The van der Waals surface area contributed by atoms with Crippen LogP contribution in [0.5, 0.6) is 11.5 Å². The number of methoxy groups -OCH3 is 2. The zero-order valence-corrected chi connectivity index (χ0v) is 18.5. The lowest BCUT2D eigenvalue weighted by Gasteiger charge is -2.25. The van der Waals surface area contributed by atoms with Gasteiger partial charge in [0.25, 0.3) is 0 Å². The lowest BCUT2D eigenvalue weighted by molar-refractivity contribution is -0.120. The van der Waals surface area contributed by atoms with Crippen molar-refractivity contribution in [1.29, 1.82) is 0 Å². The Bertz CT molecular complexity index is 989. The third-order valence-corrected chi connectivity index (χ3v) is 5.74. The molecule has 0 aromatic heterocycles. The Morgan fingerprint density at radius 1 is 1.10 bits per heavy atom. The van der Waals surface area contributed by atoms with E-state index in [2.05, 4.69) is 5.32 Å². The third kappa shape index (κ3) is 5.63. The van der Waals surface area contributed by atoms with Crippen LogP contribution in [0.2, 0.25) is 0 Å². The Labute approximate surface area is 172 Å². The molecule has 0 heterocycles. The average Bonchev–Trinajstić information content (AvgIpc) is 2.64. The normalized spacial score (nSPS) is 12.2. The molecule has 8 heteroatoms. The van der Waals surface area contributed by atoms with Gasteiger partial charge in [-0.05, 0) is 44.0 Å². The van der Waals surface area contributed by atoms with Crippen molar-refractivity contribution >= 4 is 21.6 Å². The molecular formula is C21H28N2O5S. The first-order chi connectivity index (χ1) is 13.6. The molecule has 0 unspecified atom stereocenters. The fourth-order valence-corrected chi connectivity index (χ4v) is 4.03. The van der Waals surface area contributed by atoms with Crippen molar-refractivity contribution in [1.82, 2.24) is 5.32 Å². The molecule has 0 aliphatic heterocycles. The number of benzene rings is 2. The van der Waals surface area contributed by atoms with Gasteiger partial charge in [0.1, 0.15) is 18.0 Å². The van der Waals surface area contributed by atoms with Crippen LogP contribution in [0.4, 0.5) is 5.69 Å². The van der Waals surface area contributed by atoms with Gasteiger partial charge in [-0.2, -0.15) is 0 Å². The molecule has 0 bridgehead atoms. The molecule has 0 saturated carbocycles. The van der Waals surface area contributed by atoms with E-state index in [1.807, 2.05) is 39.0 Å². The van der Waals surface area contributed by atoms with Crippen LogP contribution in [0.25, 0.3) is 0 Å². The Morgan fingerprint density at radius 3 is 2.34 bits per heavy atom. The summed E-state index contributed by atoms with van der Waals surface area (Å²) >= 11 is 0. The number of carbonyl (C=O) groups is 1. The maximum absolute atomic E-state index is 12.7. The Balaban J connectivity index is 2.28. The minimum atomic E-state index is -3.75. The number of hydrogen-bond acceptors (Lipinski definition) is 5. The van der Waals surface area contributed by atoms with Gasteiger partial charge in [0, 0.05) is 6.07 Å². The van der Waals surface area contributed by atoms with Gasteiger partial charge in [0.2, 0.25) is 15.9 Å². The molecule has 1 N–H and O–H groups in total. The van der Waals surface area contributed by atoms with E-state index < -0.39 is 15.9 Å². The molecule has 0 aliphatic carbocycles. The fourth-order valence-electron chi connectivity index (χ4n) is 3.18. The predicted octanol–water partition coefficient (Wildman–Crippen LogP) is 2.96. The average molecular weight is 421 g/mol. The summed E-state index contributed by atoms with van der Waals surface area (Å²) in [5.74, 6) is 0.359. The van der Waals surface area contributed by atoms with Crippen molar-refractivity contribution in [2.45, 2.75) is 26.8 Å². The summed E-state index contributed by atoms with van der Waals surface area (Å²) in [5, 5.41) is 2.88. The van der Waals surface area contributed by atoms with Crippen LogP contribution in [0.1, 0.15) is 29.7 Å². The van der Waals surface area contributed by atoms with Gasteiger partial charge in [-0.25, -0.2) is 8.42 Å². The molecule has 2 aromatic rings. The van der Waals surface area contributed by atoms with Gasteiger partial charge in [-0.15, -0.1) is 0 Å². The van der Waals surface area contributed by atoms with Crippen LogP contribution < -0.4 is 19.1 Å². The topological polar surface area (TPSA) is 84.9 Å². The maximum Gasteiger partial charge on any atom is 0.241 e. The SMILES string of the molecule is COc1ccc(OC)c(N(CC(=O)N[C@@H](C)c2ccc(C)cc2C)S(C)(=O)=O)c1. The summed E-state index contributed by atoms with van der Waals surface area (Å²) in [4.78, 5) is 12.7. The smallest absolute Gasteiger partial charge is 0.241 e. The lowest BCUT2D eigenvalue weighted by Crippen LogP contribution is -2.41. The monoisotopic (exact) mass is 420 g/mol. The van der Waals surface area contributed by atoms with Crippen molar-refractivity contribution in [2.24, 2.45) is 0 Å². The highest BCUT2D eigenvalue weighted by molar-refractivity contribution is 7.92. The molecule has 2 aromatic carbocycles. The molecule has 2 rings (SSSR count). The van der Waals surface area contributed by atoms with E-state index in [1.54, 1.807) is 12.1 Å². The molecular weight excluding hydrogens is 392 g/mol. The number of amides is 1. The Kier molecular flexibility index (Phi) is 7.13. The zero-order chi connectivity index (χ0) is 21.8. The second kappa shape index (κ2) is 9.17. The molecule has 0 aliphatic rings.